The van der Waals surface area contributed by atoms with Gasteiger partial charge in [0, 0.05) is 27.9 Å². The second-order valence-electron chi connectivity index (χ2n) is 5.52. The molecule has 0 N–H and O–H groups in total. The van der Waals surface area contributed by atoms with Crippen LogP contribution in [0.15, 0.2) is 23.8 Å². The largest absolute Gasteiger partial charge is 0.419 e. The third kappa shape index (κ3) is 3.09. The molecule has 1 heterocycles. The van der Waals surface area contributed by atoms with Gasteiger partial charge in [-0.1, -0.05) is 6.07 Å². The monoisotopic (exact) mass is 300 g/mol. The van der Waals surface area contributed by atoms with E-state index in [0.29, 0.717) is 11.1 Å². The van der Waals surface area contributed by atoms with Crippen LogP contribution in [0.1, 0.15) is 25.0 Å². The van der Waals surface area contributed by atoms with Gasteiger partial charge in [-0.2, -0.15) is 5.26 Å². The fourth-order valence-electron chi connectivity index (χ4n) is 2.07. The van der Waals surface area contributed by atoms with E-state index in [1.807, 2.05) is 14.1 Å². The molecule has 0 unspecified atom stereocenters. The van der Waals surface area contributed by atoms with Crippen LogP contribution in [-0.4, -0.2) is 31.8 Å². The number of carbonyl (C=O) groups is 2. The molecule has 0 spiro atoms. The first kappa shape index (κ1) is 15.6. The van der Waals surface area contributed by atoms with E-state index in [0.717, 1.165) is 5.69 Å². The number of hydrogen-bond acceptors (Lipinski definition) is 6. The lowest BCUT2D eigenvalue weighted by molar-refractivity contribution is -0.222. The Kier molecular flexibility index (Phi) is 3.91. The molecular weight excluding hydrogens is 284 g/mol. The normalized spacial score (nSPS) is 16.4. The van der Waals surface area contributed by atoms with Gasteiger partial charge in [0.25, 0.3) is 5.79 Å². The molecular formula is C16H16N2O4. The van der Waals surface area contributed by atoms with Crippen molar-refractivity contribution in [3.05, 3.63) is 34.9 Å². The van der Waals surface area contributed by atoms with E-state index in [1.165, 1.54) is 19.9 Å². The van der Waals surface area contributed by atoms with Gasteiger partial charge in [0.05, 0.1) is 11.3 Å². The molecule has 0 bridgehead atoms. The van der Waals surface area contributed by atoms with E-state index in [2.05, 4.69) is 6.07 Å². The number of esters is 2. The molecule has 0 saturated carbocycles. The van der Waals surface area contributed by atoms with Crippen LogP contribution in [0.25, 0.3) is 6.08 Å². The van der Waals surface area contributed by atoms with Crippen molar-refractivity contribution >= 4 is 23.7 Å². The number of hydrogen-bond donors (Lipinski definition) is 0. The quantitative estimate of drug-likeness (QED) is 0.471. The molecule has 22 heavy (non-hydrogen) atoms. The molecule has 1 fully saturated rings. The van der Waals surface area contributed by atoms with Crippen molar-refractivity contribution in [2.75, 3.05) is 19.0 Å². The Hall–Kier alpha value is -2.81. The fourth-order valence-corrected chi connectivity index (χ4v) is 2.07. The van der Waals surface area contributed by atoms with Gasteiger partial charge in [-0.15, -0.1) is 0 Å². The SMILES string of the molecule is CN(C)c1ccc(C=C2C(=O)OC(C)(C)OC2=O)cc1C#N. The zero-order valence-electron chi connectivity index (χ0n) is 12.8. The Bertz CT molecular complexity index is 689. The lowest BCUT2D eigenvalue weighted by Crippen LogP contribution is -2.41. The molecule has 114 valence electrons. The molecule has 0 amide bonds. The number of ether oxygens (including phenoxy) is 2. The standard InChI is InChI=1S/C16H16N2O4/c1-16(2)21-14(19)12(15(20)22-16)8-10-5-6-13(18(3)4)11(7-10)9-17/h5-8H,1-4H3. The number of cyclic esters (lactones) is 2. The minimum atomic E-state index is -1.27. The number of anilines is 1. The highest BCUT2D eigenvalue weighted by atomic mass is 16.7. The summed E-state index contributed by atoms with van der Waals surface area (Å²) in [4.78, 5) is 25.6. The van der Waals surface area contributed by atoms with Crippen LogP contribution in [0.4, 0.5) is 5.69 Å². The molecule has 1 aromatic carbocycles. The highest BCUT2D eigenvalue weighted by molar-refractivity contribution is 6.18. The first-order valence-electron chi connectivity index (χ1n) is 6.63. The van der Waals surface area contributed by atoms with Crippen LogP contribution in [0.5, 0.6) is 0 Å². The summed E-state index contributed by atoms with van der Waals surface area (Å²) in [6, 6.07) is 7.14. The average Bonchev–Trinajstić information content (AvgIpc) is 2.41. The molecule has 2 rings (SSSR count). The predicted octanol–water partition coefficient (Wildman–Crippen LogP) is 1.84. The van der Waals surface area contributed by atoms with Crippen molar-refractivity contribution in [2.45, 2.75) is 19.6 Å². The van der Waals surface area contributed by atoms with Crippen LogP contribution in [0.3, 0.4) is 0 Å². The van der Waals surface area contributed by atoms with Crippen molar-refractivity contribution in [1.82, 2.24) is 0 Å². The lowest BCUT2D eigenvalue weighted by atomic mass is 10.1. The van der Waals surface area contributed by atoms with Crippen LogP contribution >= 0.6 is 0 Å². The van der Waals surface area contributed by atoms with Gasteiger partial charge in [-0.05, 0) is 23.8 Å². The van der Waals surface area contributed by atoms with Gasteiger partial charge in [-0.25, -0.2) is 9.59 Å². The molecule has 1 aliphatic heterocycles. The van der Waals surface area contributed by atoms with Crippen molar-refractivity contribution in [3.63, 3.8) is 0 Å². The summed E-state index contributed by atoms with van der Waals surface area (Å²) in [5.74, 6) is -2.74. The van der Waals surface area contributed by atoms with E-state index in [4.69, 9.17) is 9.47 Å². The number of rotatable bonds is 2. The van der Waals surface area contributed by atoms with Crippen molar-refractivity contribution in [2.24, 2.45) is 0 Å². The number of carbonyl (C=O) groups excluding carboxylic acids is 2. The van der Waals surface area contributed by atoms with E-state index < -0.39 is 17.7 Å². The van der Waals surface area contributed by atoms with E-state index in [1.54, 1.807) is 23.1 Å². The van der Waals surface area contributed by atoms with Crippen LogP contribution in [-0.2, 0) is 19.1 Å². The Morgan fingerprint density at radius 3 is 2.27 bits per heavy atom. The van der Waals surface area contributed by atoms with Crippen LogP contribution in [0, 0.1) is 11.3 Å². The molecule has 0 aromatic heterocycles. The Labute approximate surface area is 128 Å². The van der Waals surface area contributed by atoms with Gasteiger partial charge in [-0.3, -0.25) is 0 Å². The van der Waals surface area contributed by atoms with E-state index in [-0.39, 0.29) is 5.57 Å². The molecule has 0 radical (unpaired) electrons. The maximum Gasteiger partial charge on any atom is 0.348 e. The topological polar surface area (TPSA) is 79.6 Å². The molecule has 6 heteroatoms. The summed E-state index contributed by atoms with van der Waals surface area (Å²) in [6.07, 6.45) is 1.36. The van der Waals surface area contributed by atoms with E-state index in [9.17, 15) is 14.9 Å². The first-order chi connectivity index (χ1) is 10.2. The minimum absolute atomic E-state index is 0.194. The van der Waals surface area contributed by atoms with Crippen molar-refractivity contribution in [1.29, 1.82) is 5.26 Å². The summed E-state index contributed by atoms with van der Waals surface area (Å²) in [5, 5.41) is 9.19. The predicted molar refractivity (Wildman–Crippen MR) is 79.7 cm³/mol. The Morgan fingerprint density at radius 2 is 1.77 bits per heavy atom. The molecule has 0 aliphatic carbocycles. The maximum absolute atomic E-state index is 11.9. The second-order valence-corrected chi connectivity index (χ2v) is 5.52. The fraction of sp³-hybridized carbons (Fsp3) is 0.312. The summed E-state index contributed by atoms with van der Waals surface area (Å²) in [6.45, 7) is 2.97. The zero-order valence-corrected chi connectivity index (χ0v) is 12.8. The Morgan fingerprint density at radius 1 is 1.18 bits per heavy atom. The zero-order chi connectivity index (χ0) is 16.5. The van der Waals surface area contributed by atoms with Gasteiger partial charge >= 0.3 is 11.9 Å². The summed E-state index contributed by atoms with van der Waals surface area (Å²) in [5.41, 5.74) is 1.54. The number of nitriles is 1. The third-order valence-electron chi connectivity index (χ3n) is 3.05. The summed E-state index contributed by atoms with van der Waals surface area (Å²) in [7, 11) is 3.65. The van der Waals surface area contributed by atoms with Crippen LogP contribution in [0.2, 0.25) is 0 Å². The maximum atomic E-state index is 11.9. The summed E-state index contributed by atoms with van der Waals surface area (Å²) >= 11 is 0. The van der Waals surface area contributed by atoms with Gasteiger partial charge in [0.1, 0.15) is 11.6 Å². The summed E-state index contributed by atoms with van der Waals surface area (Å²) < 4.78 is 10.0. The van der Waals surface area contributed by atoms with Crippen molar-refractivity contribution in [3.8, 4) is 6.07 Å². The van der Waals surface area contributed by atoms with Gasteiger partial charge in [0.2, 0.25) is 0 Å². The van der Waals surface area contributed by atoms with Gasteiger partial charge < -0.3 is 14.4 Å². The smallest absolute Gasteiger partial charge is 0.348 e. The molecule has 1 saturated heterocycles. The number of nitrogens with zero attached hydrogens (tertiary/aromatic N) is 2. The second kappa shape index (κ2) is 5.53. The molecule has 0 atom stereocenters. The van der Waals surface area contributed by atoms with E-state index >= 15 is 0 Å². The average molecular weight is 300 g/mol. The first-order valence-corrected chi connectivity index (χ1v) is 6.63. The highest BCUT2D eigenvalue weighted by Crippen LogP contribution is 2.26. The lowest BCUT2D eigenvalue weighted by Gasteiger charge is -2.29. The minimum Gasteiger partial charge on any atom is -0.419 e. The Balaban J connectivity index is 2.40. The van der Waals surface area contributed by atoms with Crippen molar-refractivity contribution < 1.29 is 19.1 Å². The molecule has 1 aromatic rings. The molecule has 6 nitrogen and oxygen atoms in total. The van der Waals surface area contributed by atoms with Gasteiger partial charge in [0.15, 0.2) is 0 Å². The van der Waals surface area contributed by atoms with Crippen LogP contribution < -0.4 is 4.90 Å². The third-order valence-corrected chi connectivity index (χ3v) is 3.05. The number of benzene rings is 1. The molecule has 1 aliphatic rings. The highest BCUT2D eigenvalue weighted by Gasteiger charge is 2.38.